The van der Waals surface area contributed by atoms with Crippen molar-refractivity contribution in [1.82, 2.24) is 5.32 Å². The third kappa shape index (κ3) is 4.69. The van der Waals surface area contributed by atoms with Crippen LogP contribution in [-0.2, 0) is 9.59 Å². The highest BCUT2D eigenvalue weighted by atomic mass is 32.1. The number of nitrogens with one attached hydrogen (secondary N) is 2. The van der Waals surface area contributed by atoms with Crippen molar-refractivity contribution in [1.29, 1.82) is 5.26 Å². The number of hydrogen-bond donors (Lipinski definition) is 3. The summed E-state index contributed by atoms with van der Waals surface area (Å²) in [5.74, 6) is -1.33. The number of rotatable bonds is 7. The van der Waals surface area contributed by atoms with Crippen LogP contribution in [0.2, 0.25) is 0 Å². The second-order valence-electron chi connectivity index (χ2n) is 3.88. The molecule has 1 atom stereocenters. The number of aliphatic carboxylic acids is 1. The van der Waals surface area contributed by atoms with Crippen molar-refractivity contribution in [2.75, 3.05) is 11.9 Å². The topological polar surface area (TPSA) is 102 Å². The van der Waals surface area contributed by atoms with Gasteiger partial charge < -0.3 is 10.4 Å². The highest BCUT2D eigenvalue weighted by molar-refractivity contribution is 7.14. The number of carbonyl (C=O) groups is 2. The summed E-state index contributed by atoms with van der Waals surface area (Å²) in [5, 5.41) is 25.2. The van der Waals surface area contributed by atoms with Gasteiger partial charge in [0.05, 0.1) is 12.1 Å². The largest absolute Gasteiger partial charge is 0.480 e. The Morgan fingerprint density at radius 2 is 2.32 bits per heavy atom. The summed E-state index contributed by atoms with van der Waals surface area (Å²) in [5.41, 5.74) is 0.404. The van der Waals surface area contributed by atoms with Crippen LogP contribution in [-0.4, -0.2) is 29.6 Å². The number of anilines is 1. The van der Waals surface area contributed by atoms with Gasteiger partial charge in [-0.05, 0) is 17.9 Å². The van der Waals surface area contributed by atoms with Gasteiger partial charge in [0.2, 0.25) is 5.91 Å². The molecule has 0 saturated heterocycles. The van der Waals surface area contributed by atoms with Gasteiger partial charge in [0.25, 0.3) is 0 Å². The minimum atomic E-state index is -0.969. The fourth-order valence-corrected chi connectivity index (χ4v) is 2.24. The summed E-state index contributed by atoms with van der Waals surface area (Å²) in [6, 6.07) is 2.85. The zero-order valence-corrected chi connectivity index (χ0v) is 11.3. The summed E-state index contributed by atoms with van der Waals surface area (Å²) >= 11 is 1.25. The number of carboxylic acids is 1. The van der Waals surface area contributed by atoms with Gasteiger partial charge in [-0.3, -0.25) is 14.9 Å². The van der Waals surface area contributed by atoms with Crippen LogP contribution in [0.4, 0.5) is 5.00 Å². The predicted octanol–water partition coefficient (Wildman–Crippen LogP) is 1.40. The molecule has 0 spiro atoms. The van der Waals surface area contributed by atoms with E-state index in [1.807, 2.05) is 13.0 Å². The Morgan fingerprint density at radius 1 is 1.58 bits per heavy atom. The highest BCUT2D eigenvalue weighted by Gasteiger charge is 2.17. The van der Waals surface area contributed by atoms with Crippen molar-refractivity contribution in [3.63, 3.8) is 0 Å². The Hall–Kier alpha value is -1.91. The summed E-state index contributed by atoms with van der Waals surface area (Å²) in [6.07, 6.45) is 1.18. The van der Waals surface area contributed by atoms with Crippen molar-refractivity contribution >= 4 is 28.2 Å². The Labute approximate surface area is 115 Å². The van der Waals surface area contributed by atoms with Crippen LogP contribution in [0.15, 0.2) is 11.4 Å². The van der Waals surface area contributed by atoms with Gasteiger partial charge >= 0.3 is 5.97 Å². The van der Waals surface area contributed by atoms with Crippen LogP contribution in [0, 0.1) is 11.3 Å². The highest BCUT2D eigenvalue weighted by Crippen LogP contribution is 2.21. The molecule has 7 heteroatoms. The first-order chi connectivity index (χ1) is 9.08. The van der Waals surface area contributed by atoms with Crippen LogP contribution in [0.5, 0.6) is 0 Å². The lowest BCUT2D eigenvalue weighted by Crippen LogP contribution is -2.41. The van der Waals surface area contributed by atoms with Crippen LogP contribution >= 0.6 is 11.3 Å². The molecule has 1 unspecified atom stereocenters. The van der Waals surface area contributed by atoms with Gasteiger partial charge in [0.1, 0.15) is 17.1 Å². The van der Waals surface area contributed by atoms with E-state index in [4.69, 9.17) is 10.4 Å². The first kappa shape index (κ1) is 15.1. The quantitative estimate of drug-likeness (QED) is 0.701. The minimum absolute atomic E-state index is 0.0975. The number of thiophene rings is 1. The van der Waals surface area contributed by atoms with Crippen molar-refractivity contribution < 1.29 is 14.7 Å². The number of nitriles is 1. The Morgan fingerprint density at radius 3 is 2.89 bits per heavy atom. The maximum atomic E-state index is 11.6. The van der Waals surface area contributed by atoms with Crippen LogP contribution in [0.25, 0.3) is 0 Å². The Kier molecular flexibility index (Phi) is 5.99. The third-order valence-corrected chi connectivity index (χ3v) is 3.25. The molecular formula is C12H15N3O3S. The molecule has 6 nitrogen and oxygen atoms in total. The van der Waals surface area contributed by atoms with E-state index in [9.17, 15) is 9.59 Å². The molecular weight excluding hydrogens is 266 g/mol. The molecule has 0 saturated carbocycles. The first-order valence-corrected chi connectivity index (χ1v) is 6.70. The first-order valence-electron chi connectivity index (χ1n) is 5.82. The van der Waals surface area contributed by atoms with Crippen LogP contribution < -0.4 is 10.6 Å². The molecule has 0 aromatic carbocycles. The maximum Gasteiger partial charge on any atom is 0.320 e. The molecule has 0 fully saturated rings. The lowest BCUT2D eigenvalue weighted by atomic mass is 10.2. The number of carbonyl (C=O) groups excluding carboxylic acids is 1. The molecule has 0 bridgehead atoms. The third-order valence-electron chi connectivity index (χ3n) is 2.42. The van der Waals surface area contributed by atoms with E-state index in [0.717, 1.165) is 6.42 Å². The fourth-order valence-electron chi connectivity index (χ4n) is 1.48. The smallest absolute Gasteiger partial charge is 0.320 e. The molecule has 0 aliphatic heterocycles. The monoisotopic (exact) mass is 281 g/mol. The van der Waals surface area contributed by atoms with Crippen molar-refractivity contribution in [3.05, 3.63) is 17.0 Å². The van der Waals surface area contributed by atoms with E-state index in [2.05, 4.69) is 10.6 Å². The molecule has 1 rings (SSSR count). The summed E-state index contributed by atoms with van der Waals surface area (Å²) in [7, 11) is 0. The molecule has 3 N–H and O–H groups in total. The molecule has 0 radical (unpaired) electrons. The van der Waals surface area contributed by atoms with E-state index in [1.165, 1.54) is 11.3 Å². The van der Waals surface area contributed by atoms with Crippen molar-refractivity contribution in [3.8, 4) is 6.07 Å². The molecule has 1 aromatic rings. The van der Waals surface area contributed by atoms with Crippen molar-refractivity contribution in [2.45, 2.75) is 25.8 Å². The lowest BCUT2D eigenvalue weighted by molar-refractivity contribution is -0.139. The van der Waals surface area contributed by atoms with E-state index >= 15 is 0 Å². The van der Waals surface area contributed by atoms with E-state index < -0.39 is 12.0 Å². The molecule has 102 valence electrons. The minimum Gasteiger partial charge on any atom is -0.480 e. The normalized spacial score (nSPS) is 11.6. The summed E-state index contributed by atoms with van der Waals surface area (Å²) < 4.78 is 0. The molecule has 0 aliphatic rings. The van der Waals surface area contributed by atoms with Gasteiger partial charge in [-0.1, -0.05) is 13.3 Å². The zero-order valence-electron chi connectivity index (χ0n) is 10.5. The van der Waals surface area contributed by atoms with Gasteiger partial charge in [0, 0.05) is 0 Å². The van der Waals surface area contributed by atoms with E-state index in [-0.39, 0.29) is 12.5 Å². The summed E-state index contributed by atoms with van der Waals surface area (Å²) in [4.78, 5) is 22.5. The lowest BCUT2D eigenvalue weighted by Gasteiger charge is -2.12. The molecule has 1 amide bonds. The number of carboxylic acid groups (broad SMARTS) is 1. The molecule has 19 heavy (non-hydrogen) atoms. The Balaban J connectivity index is 2.48. The van der Waals surface area contributed by atoms with Crippen LogP contribution in [0.1, 0.15) is 25.3 Å². The molecule has 1 aromatic heterocycles. The van der Waals surface area contributed by atoms with Gasteiger partial charge in [-0.15, -0.1) is 11.3 Å². The zero-order chi connectivity index (χ0) is 14.3. The Bertz CT molecular complexity index is 493. The standard InChI is InChI=1S/C12H15N3O3S/c1-2-3-9(12(17)18)14-7-10(16)15-11-8(6-13)4-5-19-11/h4-5,9,14H,2-3,7H2,1H3,(H,15,16)(H,17,18). The van der Waals surface area contributed by atoms with Crippen molar-refractivity contribution in [2.24, 2.45) is 0 Å². The predicted molar refractivity (Wildman–Crippen MR) is 72.0 cm³/mol. The summed E-state index contributed by atoms with van der Waals surface area (Å²) in [6.45, 7) is 1.78. The van der Waals surface area contributed by atoms with E-state index in [0.29, 0.717) is 17.0 Å². The van der Waals surface area contributed by atoms with E-state index in [1.54, 1.807) is 11.4 Å². The fraction of sp³-hybridized carbons (Fsp3) is 0.417. The number of amides is 1. The van der Waals surface area contributed by atoms with Gasteiger partial charge in [0.15, 0.2) is 0 Å². The number of nitrogens with zero attached hydrogens (tertiary/aromatic N) is 1. The maximum absolute atomic E-state index is 11.6. The molecule has 1 heterocycles. The van der Waals surface area contributed by atoms with Gasteiger partial charge in [-0.25, -0.2) is 0 Å². The van der Waals surface area contributed by atoms with Crippen LogP contribution in [0.3, 0.4) is 0 Å². The second-order valence-corrected chi connectivity index (χ2v) is 4.80. The second kappa shape index (κ2) is 7.51. The SMILES string of the molecule is CCCC(NCC(=O)Nc1sccc1C#N)C(=O)O. The average molecular weight is 281 g/mol. The van der Waals surface area contributed by atoms with Gasteiger partial charge in [-0.2, -0.15) is 5.26 Å². The average Bonchev–Trinajstić information content (AvgIpc) is 2.81. The number of hydrogen-bond acceptors (Lipinski definition) is 5. The molecule has 0 aliphatic carbocycles.